The Labute approximate surface area is 128 Å². The Hall–Kier alpha value is -1.31. The Bertz CT molecular complexity index is 768. The molecule has 0 atom stereocenters. The van der Waals surface area contributed by atoms with Crippen molar-refractivity contribution in [2.24, 2.45) is 0 Å². The van der Waals surface area contributed by atoms with Crippen molar-refractivity contribution in [3.63, 3.8) is 0 Å². The third kappa shape index (κ3) is 3.23. The van der Waals surface area contributed by atoms with Crippen LogP contribution in [-0.2, 0) is 10.0 Å². The number of hydrogen-bond donors (Lipinski definition) is 2. The highest BCUT2D eigenvalue weighted by molar-refractivity contribution is 9.10. The van der Waals surface area contributed by atoms with Gasteiger partial charge in [-0.15, -0.1) is 0 Å². The van der Waals surface area contributed by atoms with Gasteiger partial charge in [0.2, 0.25) is 0 Å². The van der Waals surface area contributed by atoms with Crippen molar-refractivity contribution in [2.45, 2.75) is 4.90 Å². The maximum absolute atomic E-state index is 13.7. The Morgan fingerprint density at radius 2 is 1.90 bits per heavy atom. The summed E-state index contributed by atoms with van der Waals surface area (Å²) in [5, 5.41) is 0.202. The minimum Gasteiger partial charge on any atom is -0.399 e. The van der Waals surface area contributed by atoms with Crippen LogP contribution in [0.1, 0.15) is 0 Å². The molecule has 0 aliphatic rings. The molecule has 0 saturated heterocycles. The average Bonchev–Trinajstić information content (AvgIpc) is 2.33. The van der Waals surface area contributed by atoms with Crippen LogP contribution in [0.25, 0.3) is 0 Å². The first-order valence-corrected chi connectivity index (χ1v) is 7.98. The number of rotatable bonds is 3. The van der Waals surface area contributed by atoms with Gasteiger partial charge in [0.05, 0.1) is 10.7 Å². The standard InChI is InChI=1S/C12H9BrClFN2O2S/c13-7-1-3-9(14)11(5-7)17-20(18,19)12-4-2-8(16)6-10(12)15/h1-6,17H,16H2. The monoisotopic (exact) mass is 378 g/mol. The summed E-state index contributed by atoms with van der Waals surface area (Å²) in [5.41, 5.74) is 5.68. The molecule has 0 radical (unpaired) electrons. The molecular weight excluding hydrogens is 371 g/mol. The number of sulfonamides is 1. The van der Waals surface area contributed by atoms with E-state index in [4.69, 9.17) is 17.3 Å². The molecular formula is C12H9BrClFN2O2S. The van der Waals surface area contributed by atoms with Gasteiger partial charge in [-0.2, -0.15) is 0 Å². The molecule has 0 spiro atoms. The molecule has 106 valence electrons. The van der Waals surface area contributed by atoms with Gasteiger partial charge in [0, 0.05) is 10.2 Å². The lowest BCUT2D eigenvalue weighted by Crippen LogP contribution is -2.15. The zero-order valence-corrected chi connectivity index (χ0v) is 13.1. The third-order valence-corrected chi connectivity index (χ3v) is 4.64. The number of nitrogen functional groups attached to an aromatic ring is 1. The highest BCUT2D eigenvalue weighted by Gasteiger charge is 2.20. The summed E-state index contributed by atoms with van der Waals surface area (Å²) in [5.74, 6) is -0.927. The van der Waals surface area contributed by atoms with Crippen molar-refractivity contribution in [3.8, 4) is 0 Å². The Morgan fingerprint density at radius 1 is 1.20 bits per heavy atom. The van der Waals surface area contributed by atoms with Gasteiger partial charge in [0.25, 0.3) is 10.0 Å². The van der Waals surface area contributed by atoms with Gasteiger partial charge in [-0.05, 0) is 36.4 Å². The maximum Gasteiger partial charge on any atom is 0.264 e. The van der Waals surface area contributed by atoms with E-state index in [2.05, 4.69) is 20.7 Å². The second-order valence-electron chi connectivity index (χ2n) is 3.92. The predicted molar refractivity (Wildman–Crippen MR) is 80.8 cm³/mol. The highest BCUT2D eigenvalue weighted by atomic mass is 79.9. The Kier molecular flexibility index (Phi) is 4.22. The molecule has 0 aliphatic carbocycles. The quantitative estimate of drug-likeness (QED) is 0.800. The fourth-order valence-corrected chi connectivity index (χ4v) is 3.22. The zero-order chi connectivity index (χ0) is 14.9. The molecule has 20 heavy (non-hydrogen) atoms. The van der Waals surface area contributed by atoms with Gasteiger partial charge in [0.15, 0.2) is 0 Å². The van der Waals surface area contributed by atoms with Crippen molar-refractivity contribution in [1.29, 1.82) is 0 Å². The van der Waals surface area contributed by atoms with Crippen molar-refractivity contribution >= 4 is 48.9 Å². The number of halogens is 3. The van der Waals surface area contributed by atoms with Crippen LogP contribution in [0.4, 0.5) is 15.8 Å². The molecule has 0 unspecified atom stereocenters. The average molecular weight is 380 g/mol. The van der Waals surface area contributed by atoms with Crippen LogP contribution in [0.15, 0.2) is 45.8 Å². The minimum absolute atomic E-state index is 0.141. The van der Waals surface area contributed by atoms with Gasteiger partial charge in [0.1, 0.15) is 10.7 Å². The van der Waals surface area contributed by atoms with E-state index >= 15 is 0 Å². The number of hydrogen-bond acceptors (Lipinski definition) is 3. The zero-order valence-electron chi connectivity index (χ0n) is 9.90. The van der Waals surface area contributed by atoms with Crippen LogP contribution in [0, 0.1) is 5.82 Å². The van der Waals surface area contributed by atoms with Crippen molar-refractivity contribution < 1.29 is 12.8 Å². The molecule has 0 aliphatic heterocycles. The summed E-state index contributed by atoms with van der Waals surface area (Å²) in [4.78, 5) is -0.497. The topological polar surface area (TPSA) is 72.2 Å². The van der Waals surface area contributed by atoms with E-state index in [1.165, 1.54) is 18.2 Å². The molecule has 8 heteroatoms. The molecule has 3 N–H and O–H groups in total. The minimum atomic E-state index is -4.09. The summed E-state index contributed by atoms with van der Waals surface area (Å²) in [6.07, 6.45) is 0. The summed E-state index contributed by atoms with van der Waals surface area (Å²) < 4.78 is 40.8. The molecule has 0 bridgehead atoms. The second kappa shape index (κ2) is 5.59. The van der Waals surface area contributed by atoms with Gasteiger partial charge in [-0.25, -0.2) is 12.8 Å². The van der Waals surface area contributed by atoms with Crippen LogP contribution in [0.5, 0.6) is 0 Å². The molecule has 0 fully saturated rings. The normalized spacial score (nSPS) is 11.3. The Balaban J connectivity index is 2.43. The van der Waals surface area contributed by atoms with Crippen LogP contribution in [0.2, 0.25) is 5.02 Å². The first-order valence-electron chi connectivity index (χ1n) is 5.32. The molecule has 4 nitrogen and oxygen atoms in total. The number of nitrogens with one attached hydrogen (secondary N) is 1. The molecule has 0 heterocycles. The number of nitrogens with two attached hydrogens (primary N) is 1. The van der Waals surface area contributed by atoms with E-state index in [9.17, 15) is 12.8 Å². The van der Waals surface area contributed by atoms with E-state index in [0.717, 1.165) is 12.1 Å². The van der Waals surface area contributed by atoms with Crippen LogP contribution >= 0.6 is 27.5 Å². The molecule has 2 rings (SSSR count). The molecule has 0 amide bonds. The van der Waals surface area contributed by atoms with E-state index < -0.39 is 20.7 Å². The third-order valence-electron chi connectivity index (χ3n) is 2.42. The largest absolute Gasteiger partial charge is 0.399 e. The predicted octanol–water partition coefficient (Wildman–Crippen LogP) is 3.62. The van der Waals surface area contributed by atoms with Gasteiger partial charge in [-0.3, -0.25) is 4.72 Å². The molecule has 2 aromatic carbocycles. The smallest absolute Gasteiger partial charge is 0.264 e. The van der Waals surface area contributed by atoms with Crippen LogP contribution < -0.4 is 10.5 Å². The molecule has 2 aromatic rings. The van der Waals surface area contributed by atoms with Gasteiger partial charge >= 0.3 is 0 Å². The van der Waals surface area contributed by atoms with Gasteiger partial charge < -0.3 is 5.73 Å². The number of benzene rings is 2. The van der Waals surface area contributed by atoms with Crippen LogP contribution in [0.3, 0.4) is 0 Å². The van der Waals surface area contributed by atoms with E-state index in [-0.39, 0.29) is 16.4 Å². The summed E-state index contributed by atoms with van der Waals surface area (Å²) in [6, 6.07) is 8.00. The fourth-order valence-electron chi connectivity index (χ4n) is 1.51. The summed E-state index contributed by atoms with van der Waals surface area (Å²) in [7, 11) is -4.09. The number of anilines is 2. The lowest BCUT2D eigenvalue weighted by molar-refractivity contribution is 0.571. The SMILES string of the molecule is Nc1ccc(S(=O)(=O)Nc2cc(Br)ccc2Cl)c(F)c1. The van der Waals surface area contributed by atoms with Gasteiger partial charge in [-0.1, -0.05) is 27.5 Å². The maximum atomic E-state index is 13.7. The Morgan fingerprint density at radius 3 is 2.55 bits per heavy atom. The summed E-state index contributed by atoms with van der Waals surface area (Å²) >= 11 is 9.09. The fraction of sp³-hybridized carbons (Fsp3) is 0. The first-order chi connectivity index (χ1) is 9.29. The van der Waals surface area contributed by atoms with E-state index in [0.29, 0.717) is 4.47 Å². The van der Waals surface area contributed by atoms with Crippen molar-refractivity contribution in [1.82, 2.24) is 0 Å². The van der Waals surface area contributed by atoms with E-state index in [1.54, 1.807) is 6.07 Å². The second-order valence-corrected chi connectivity index (χ2v) is 6.89. The molecule has 0 saturated carbocycles. The summed E-state index contributed by atoms with van der Waals surface area (Å²) in [6.45, 7) is 0. The lowest BCUT2D eigenvalue weighted by atomic mass is 10.3. The molecule has 0 aromatic heterocycles. The van der Waals surface area contributed by atoms with Crippen LogP contribution in [-0.4, -0.2) is 8.42 Å². The van der Waals surface area contributed by atoms with Crippen molar-refractivity contribution in [3.05, 3.63) is 51.7 Å². The first kappa shape index (κ1) is 15.1. The highest BCUT2D eigenvalue weighted by Crippen LogP contribution is 2.28. The van der Waals surface area contributed by atoms with Crippen molar-refractivity contribution in [2.75, 3.05) is 10.5 Å². The lowest BCUT2D eigenvalue weighted by Gasteiger charge is -2.11. The van der Waals surface area contributed by atoms with E-state index in [1.807, 2.05) is 0 Å².